The lowest BCUT2D eigenvalue weighted by Crippen LogP contribution is -2.36. The molecule has 1 aliphatic heterocycles. The average molecular weight is 156 g/mol. The van der Waals surface area contributed by atoms with Gasteiger partial charge >= 0.3 is 0 Å². The maximum absolute atomic E-state index is 11.0. The topological polar surface area (TPSA) is 26.3 Å². The van der Waals surface area contributed by atoms with Crippen LogP contribution in [0.25, 0.3) is 0 Å². The van der Waals surface area contributed by atoms with Crippen molar-refractivity contribution in [1.82, 2.24) is 0 Å². The smallest absolute Gasteiger partial charge is 0.137 e. The van der Waals surface area contributed by atoms with Gasteiger partial charge in [-0.25, -0.2) is 0 Å². The number of carbonyl (C=O) groups is 1. The minimum absolute atomic E-state index is 0.107. The van der Waals surface area contributed by atoms with E-state index in [1.54, 1.807) is 0 Å². The first-order chi connectivity index (χ1) is 5.00. The Morgan fingerprint density at radius 3 is 2.45 bits per heavy atom. The molecule has 2 nitrogen and oxygen atoms in total. The first kappa shape index (κ1) is 8.72. The summed E-state index contributed by atoms with van der Waals surface area (Å²) in [5.41, 5.74) is 0.107. The molecule has 0 aliphatic carbocycles. The van der Waals surface area contributed by atoms with Gasteiger partial charge in [0.1, 0.15) is 5.78 Å². The van der Waals surface area contributed by atoms with Gasteiger partial charge in [0, 0.05) is 12.8 Å². The van der Waals surface area contributed by atoms with E-state index < -0.39 is 0 Å². The van der Waals surface area contributed by atoms with Crippen molar-refractivity contribution < 1.29 is 9.53 Å². The first-order valence-electron chi connectivity index (χ1n) is 4.13. The van der Waals surface area contributed by atoms with Gasteiger partial charge in [0.05, 0.1) is 12.7 Å². The summed E-state index contributed by atoms with van der Waals surface area (Å²) in [5.74, 6) is 0.344. The fraction of sp³-hybridized carbons (Fsp3) is 0.889. The van der Waals surface area contributed by atoms with Crippen LogP contribution in [0.1, 0.15) is 33.6 Å². The molecule has 1 atom stereocenters. The van der Waals surface area contributed by atoms with E-state index in [4.69, 9.17) is 4.74 Å². The van der Waals surface area contributed by atoms with Gasteiger partial charge in [0.2, 0.25) is 0 Å². The van der Waals surface area contributed by atoms with Crippen molar-refractivity contribution in [2.24, 2.45) is 5.41 Å². The number of hydrogen-bond acceptors (Lipinski definition) is 2. The van der Waals surface area contributed by atoms with Crippen LogP contribution in [0.5, 0.6) is 0 Å². The van der Waals surface area contributed by atoms with Gasteiger partial charge in [0.15, 0.2) is 0 Å². The van der Waals surface area contributed by atoms with Crippen LogP contribution >= 0.6 is 0 Å². The number of Topliss-reactive ketones (excluding diaryl/α,β-unsaturated/α-hetero) is 1. The highest BCUT2D eigenvalue weighted by Gasteiger charge is 2.30. The zero-order valence-electron chi connectivity index (χ0n) is 7.52. The van der Waals surface area contributed by atoms with Crippen molar-refractivity contribution in [3.05, 3.63) is 0 Å². The van der Waals surface area contributed by atoms with Gasteiger partial charge in [0.25, 0.3) is 0 Å². The highest BCUT2D eigenvalue weighted by Crippen LogP contribution is 2.27. The highest BCUT2D eigenvalue weighted by molar-refractivity contribution is 5.79. The Kier molecular flexibility index (Phi) is 2.33. The summed E-state index contributed by atoms with van der Waals surface area (Å²) in [6.45, 7) is 6.93. The summed E-state index contributed by atoms with van der Waals surface area (Å²) < 4.78 is 5.49. The molecule has 1 saturated heterocycles. The quantitative estimate of drug-likeness (QED) is 0.534. The zero-order valence-corrected chi connectivity index (χ0v) is 7.52. The van der Waals surface area contributed by atoms with Crippen LogP contribution in [0.3, 0.4) is 0 Å². The lowest BCUT2D eigenvalue weighted by Gasteiger charge is -2.32. The number of hydrogen-bond donors (Lipinski definition) is 0. The van der Waals surface area contributed by atoms with E-state index in [1.165, 1.54) is 0 Å². The van der Waals surface area contributed by atoms with Gasteiger partial charge in [-0.05, 0) is 5.41 Å². The van der Waals surface area contributed by atoms with Crippen molar-refractivity contribution >= 4 is 5.78 Å². The molecule has 0 bridgehead atoms. The number of rotatable bonds is 0. The van der Waals surface area contributed by atoms with E-state index in [0.717, 1.165) is 0 Å². The predicted octanol–water partition coefficient (Wildman–Crippen LogP) is 1.78. The molecule has 0 N–H and O–H groups in total. The van der Waals surface area contributed by atoms with E-state index in [-0.39, 0.29) is 11.5 Å². The molecule has 0 aromatic heterocycles. The number of carbonyl (C=O) groups excluding carboxylic acids is 1. The molecule has 11 heavy (non-hydrogen) atoms. The highest BCUT2D eigenvalue weighted by atomic mass is 16.5. The maximum Gasteiger partial charge on any atom is 0.137 e. The minimum atomic E-state index is 0.107. The molecule has 0 unspecified atom stereocenters. The molecule has 0 radical (unpaired) electrons. The van der Waals surface area contributed by atoms with Crippen LogP contribution in [0.15, 0.2) is 0 Å². The number of ether oxygens (including phenoxy) is 1. The number of ketones is 1. The Labute approximate surface area is 67.9 Å². The van der Waals surface area contributed by atoms with E-state index >= 15 is 0 Å². The minimum Gasteiger partial charge on any atom is -0.377 e. The molecule has 0 amide bonds. The van der Waals surface area contributed by atoms with Gasteiger partial charge in [-0.15, -0.1) is 0 Å². The second kappa shape index (κ2) is 2.94. The van der Waals surface area contributed by atoms with Crippen LogP contribution in [0.4, 0.5) is 0 Å². The van der Waals surface area contributed by atoms with Crippen LogP contribution in [0, 0.1) is 5.41 Å². The molecular formula is C9H16O2. The van der Waals surface area contributed by atoms with E-state index in [1.807, 2.05) is 0 Å². The second-order valence-electron chi connectivity index (χ2n) is 4.22. The van der Waals surface area contributed by atoms with Crippen LogP contribution < -0.4 is 0 Å². The van der Waals surface area contributed by atoms with Crippen LogP contribution in [0.2, 0.25) is 0 Å². The van der Waals surface area contributed by atoms with Crippen molar-refractivity contribution in [3.63, 3.8) is 0 Å². The Balaban J connectivity index is 2.53. The predicted molar refractivity (Wildman–Crippen MR) is 43.4 cm³/mol. The second-order valence-corrected chi connectivity index (χ2v) is 4.22. The summed E-state index contributed by atoms with van der Waals surface area (Å²) in [4.78, 5) is 11.0. The van der Waals surface area contributed by atoms with E-state index in [0.29, 0.717) is 25.2 Å². The van der Waals surface area contributed by atoms with Crippen molar-refractivity contribution in [2.75, 3.05) is 6.61 Å². The van der Waals surface area contributed by atoms with Gasteiger partial charge in [-0.2, -0.15) is 0 Å². The molecule has 0 spiro atoms. The van der Waals surface area contributed by atoms with E-state index in [9.17, 15) is 4.79 Å². The Morgan fingerprint density at radius 1 is 1.45 bits per heavy atom. The largest absolute Gasteiger partial charge is 0.377 e. The van der Waals surface area contributed by atoms with Crippen LogP contribution in [-0.4, -0.2) is 18.5 Å². The normalized spacial score (nSPS) is 27.2. The zero-order chi connectivity index (χ0) is 8.48. The van der Waals surface area contributed by atoms with E-state index in [2.05, 4.69) is 20.8 Å². The Bertz CT molecular complexity index is 155. The SMILES string of the molecule is CC(C)(C)[C@H]1CC(=O)CCO1. The molecule has 2 heteroatoms. The first-order valence-corrected chi connectivity index (χ1v) is 4.13. The summed E-state index contributed by atoms with van der Waals surface area (Å²) >= 11 is 0. The standard InChI is InChI=1S/C9H16O2/c1-9(2,3)8-6-7(10)4-5-11-8/h8H,4-6H2,1-3H3/t8-/m1/s1. The monoisotopic (exact) mass is 156 g/mol. The third kappa shape index (κ3) is 2.29. The summed E-state index contributed by atoms with van der Waals surface area (Å²) in [5, 5.41) is 0. The molecular weight excluding hydrogens is 140 g/mol. The Hall–Kier alpha value is -0.370. The summed E-state index contributed by atoms with van der Waals surface area (Å²) in [6, 6.07) is 0. The third-order valence-electron chi connectivity index (χ3n) is 2.08. The lowest BCUT2D eigenvalue weighted by atomic mass is 9.84. The molecule has 0 aromatic rings. The van der Waals surface area contributed by atoms with Crippen molar-refractivity contribution in [3.8, 4) is 0 Å². The van der Waals surface area contributed by atoms with Crippen molar-refractivity contribution in [1.29, 1.82) is 0 Å². The fourth-order valence-electron chi connectivity index (χ4n) is 1.24. The summed E-state index contributed by atoms with van der Waals surface area (Å²) in [6.07, 6.45) is 1.33. The van der Waals surface area contributed by atoms with Crippen LogP contribution in [-0.2, 0) is 9.53 Å². The van der Waals surface area contributed by atoms with Gasteiger partial charge in [-0.3, -0.25) is 4.79 Å². The van der Waals surface area contributed by atoms with Crippen molar-refractivity contribution in [2.45, 2.75) is 39.7 Å². The van der Waals surface area contributed by atoms with Gasteiger partial charge < -0.3 is 4.74 Å². The average Bonchev–Trinajstić information content (AvgIpc) is 1.86. The maximum atomic E-state index is 11.0. The molecule has 64 valence electrons. The summed E-state index contributed by atoms with van der Waals surface area (Å²) in [7, 11) is 0. The molecule has 1 rings (SSSR count). The molecule has 0 aromatic carbocycles. The molecule has 1 heterocycles. The lowest BCUT2D eigenvalue weighted by molar-refractivity contribution is -0.133. The molecule has 1 fully saturated rings. The molecule has 0 saturated carbocycles. The Morgan fingerprint density at radius 2 is 2.09 bits per heavy atom. The van der Waals surface area contributed by atoms with Gasteiger partial charge in [-0.1, -0.05) is 20.8 Å². The fourth-order valence-corrected chi connectivity index (χ4v) is 1.24. The molecule has 1 aliphatic rings. The third-order valence-corrected chi connectivity index (χ3v) is 2.08.